The van der Waals surface area contributed by atoms with E-state index in [1.54, 1.807) is 24.3 Å². The van der Waals surface area contributed by atoms with E-state index in [4.69, 9.17) is 4.74 Å². The maximum atomic E-state index is 14.7. The molecule has 0 bridgehead atoms. The van der Waals surface area contributed by atoms with Gasteiger partial charge in [0, 0.05) is 28.8 Å². The van der Waals surface area contributed by atoms with E-state index in [2.05, 4.69) is 25.2 Å². The lowest BCUT2D eigenvalue weighted by Crippen LogP contribution is -2.41. The number of allylic oxidation sites excluding steroid dienone is 1. The van der Waals surface area contributed by atoms with Gasteiger partial charge in [0.25, 0.3) is 0 Å². The van der Waals surface area contributed by atoms with Crippen molar-refractivity contribution in [2.45, 2.75) is 38.5 Å². The molecule has 0 amide bonds. The van der Waals surface area contributed by atoms with E-state index in [-0.39, 0.29) is 23.5 Å². The van der Waals surface area contributed by atoms with Gasteiger partial charge in [-0.1, -0.05) is 36.4 Å². The zero-order valence-electron chi connectivity index (χ0n) is 17.6. The summed E-state index contributed by atoms with van der Waals surface area (Å²) in [4.78, 5) is 0. The van der Waals surface area contributed by atoms with Gasteiger partial charge < -0.3 is 15.2 Å². The fraction of sp³-hybridized carbons (Fsp3) is 0.231. The molecule has 2 N–H and O–H groups in total. The standard InChI is InChI=1S/C26H23F2NO2/c1-15-13-25(2,3)29-21-12-11-18-19-5-4-6-20(28)24(19)31-26(30,23(18)22(15)21)14-16-7-9-17(27)10-8-16/h4-13,29-30H,14H2,1-3H3. The van der Waals surface area contributed by atoms with Gasteiger partial charge in [0.05, 0.1) is 5.54 Å². The predicted molar refractivity (Wildman–Crippen MR) is 118 cm³/mol. The quantitative estimate of drug-likeness (QED) is 0.534. The third-order valence-corrected chi connectivity index (χ3v) is 5.91. The molecule has 0 aromatic heterocycles. The summed E-state index contributed by atoms with van der Waals surface area (Å²) in [5.41, 5.74) is 5.05. The van der Waals surface area contributed by atoms with Crippen molar-refractivity contribution in [1.82, 2.24) is 0 Å². The first-order valence-electron chi connectivity index (χ1n) is 10.3. The lowest BCUT2D eigenvalue weighted by molar-refractivity contribution is -0.148. The highest BCUT2D eigenvalue weighted by Crippen LogP contribution is 2.51. The number of hydrogen-bond acceptors (Lipinski definition) is 3. The van der Waals surface area contributed by atoms with Gasteiger partial charge in [-0.2, -0.15) is 0 Å². The smallest absolute Gasteiger partial charge is 0.240 e. The summed E-state index contributed by atoms with van der Waals surface area (Å²) < 4.78 is 34.2. The number of fused-ring (bicyclic) bond motifs is 5. The van der Waals surface area contributed by atoms with Crippen molar-refractivity contribution < 1.29 is 18.6 Å². The number of rotatable bonds is 2. The average molecular weight is 419 g/mol. The van der Waals surface area contributed by atoms with Crippen LogP contribution in [0.2, 0.25) is 0 Å². The van der Waals surface area contributed by atoms with Gasteiger partial charge in [-0.3, -0.25) is 0 Å². The maximum absolute atomic E-state index is 14.7. The summed E-state index contributed by atoms with van der Waals surface area (Å²) in [7, 11) is 0. The van der Waals surface area contributed by atoms with Gasteiger partial charge in [0.15, 0.2) is 11.6 Å². The van der Waals surface area contributed by atoms with Crippen LogP contribution in [0.3, 0.4) is 0 Å². The molecule has 0 radical (unpaired) electrons. The van der Waals surface area contributed by atoms with E-state index in [1.165, 1.54) is 18.2 Å². The van der Waals surface area contributed by atoms with Gasteiger partial charge in [-0.15, -0.1) is 0 Å². The Morgan fingerprint density at radius 3 is 2.45 bits per heavy atom. The topological polar surface area (TPSA) is 41.5 Å². The molecule has 0 aliphatic carbocycles. The first-order valence-corrected chi connectivity index (χ1v) is 10.3. The van der Waals surface area contributed by atoms with Crippen LogP contribution in [0.5, 0.6) is 5.75 Å². The van der Waals surface area contributed by atoms with Crippen LogP contribution < -0.4 is 10.1 Å². The van der Waals surface area contributed by atoms with Gasteiger partial charge >= 0.3 is 0 Å². The summed E-state index contributed by atoms with van der Waals surface area (Å²) in [6.45, 7) is 6.15. The lowest BCUT2D eigenvalue weighted by atomic mass is 9.79. The lowest BCUT2D eigenvalue weighted by Gasteiger charge is -2.41. The van der Waals surface area contributed by atoms with Crippen LogP contribution in [0.25, 0.3) is 16.7 Å². The van der Waals surface area contributed by atoms with E-state index in [9.17, 15) is 13.9 Å². The van der Waals surface area contributed by atoms with E-state index in [0.29, 0.717) is 16.7 Å². The number of ether oxygens (including phenoxy) is 1. The van der Waals surface area contributed by atoms with E-state index in [1.807, 2.05) is 19.1 Å². The molecule has 2 aliphatic heterocycles. The predicted octanol–water partition coefficient (Wildman–Crippen LogP) is 6.02. The van der Waals surface area contributed by atoms with Crippen molar-refractivity contribution in [3.63, 3.8) is 0 Å². The molecule has 1 atom stereocenters. The Bertz CT molecular complexity index is 1230. The summed E-state index contributed by atoms with van der Waals surface area (Å²) in [6, 6.07) is 14.5. The molecule has 5 heteroatoms. The SMILES string of the molecule is CC1=CC(C)(C)Nc2ccc3c(c21)C(O)(Cc1ccc(F)cc1)Oc1c(F)cccc1-3. The molecule has 5 rings (SSSR count). The molecule has 3 aromatic rings. The van der Waals surface area contributed by atoms with Crippen LogP contribution in [0.15, 0.2) is 60.7 Å². The summed E-state index contributed by atoms with van der Waals surface area (Å²) >= 11 is 0. The van der Waals surface area contributed by atoms with Crippen molar-refractivity contribution >= 4 is 11.3 Å². The molecule has 2 heterocycles. The molecule has 31 heavy (non-hydrogen) atoms. The summed E-state index contributed by atoms with van der Waals surface area (Å²) in [5.74, 6) is -2.71. The van der Waals surface area contributed by atoms with Crippen molar-refractivity contribution in [3.8, 4) is 16.9 Å². The minimum Gasteiger partial charge on any atom is -0.454 e. The summed E-state index contributed by atoms with van der Waals surface area (Å²) in [5, 5.41) is 15.4. The van der Waals surface area contributed by atoms with Crippen LogP contribution in [0.4, 0.5) is 14.5 Å². The number of benzene rings is 3. The van der Waals surface area contributed by atoms with Gasteiger partial charge in [0.1, 0.15) is 5.82 Å². The first-order chi connectivity index (χ1) is 14.7. The molecule has 0 saturated carbocycles. The second kappa shape index (κ2) is 6.66. The highest BCUT2D eigenvalue weighted by atomic mass is 19.1. The monoisotopic (exact) mass is 419 g/mol. The first kappa shape index (κ1) is 19.8. The third kappa shape index (κ3) is 3.20. The van der Waals surface area contributed by atoms with Gasteiger partial charge in [-0.05, 0) is 61.7 Å². The number of hydrogen-bond donors (Lipinski definition) is 2. The largest absolute Gasteiger partial charge is 0.454 e. The molecule has 158 valence electrons. The van der Waals surface area contributed by atoms with Crippen molar-refractivity contribution in [1.29, 1.82) is 0 Å². The summed E-state index contributed by atoms with van der Waals surface area (Å²) in [6.07, 6.45) is 2.15. The Morgan fingerprint density at radius 1 is 0.968 bits per heavy atom. The minimum absolute atomic E-state index is 0.0188. The fourth-order valence-corrected chi connectivity index (χ4v) is 4.79. The average Bonchev–Trinajstić information content (AvgIpc) is 2.69. The normalized spacial score (nSPS) is 20.5. The number of halogens is 2. The molecule has 3 nitrogen and oxygen atoms in total. The third-order valence-electron chi connectivity index (χ3n) is 5.91. The van der Waals surface area contributed by atoms with Gasteiger partial charge in [-0.25, -0.2) is 8.78 Å². The van der Waals surface area contributed by atoms with Crippen molar-refractivity contribution in [2.24, 2.45) is 0 Å². The maximum Gasteiger partial charge on any atom is 0.240 e. The number of nitrogens with one attached hydrogen (secondary N) is 1. The second-order valence-corrected chi connectivity index (χ2v) is 8.89. The van der Waals surface area contributed by atoms with Crippen LogP contribution in [-0.4, -0.2) is 10.6 Å². The highest BCUT2D eigenvalue weighted by molar-refractivity contribution is 5.90. The second-order valence-electron chi connectivity index (χ2n) is 8.89. The molecule has 0 fully saturated rings. The Morgan fingerprint density at radius 2 is 1.71 bits per heavy atom. The molecule has 0 spiro atoms. The van der Waals surface area contributed by atoms with Crippen LogP contribution in [0, 0.1) is 11.6 Å². The molecule has 0 saturated heterocycles. The molecular weight excluding hydrogens is 396 g/mol. The molecule has 1 unspecified atom stereocenters. The fourth-order valence-electron chi connectivity index (χ4n) is 4.79. The minimum atomic E-state index is -1.83. The van der Waals surface area contributed by atoms with Crippen molar-refractivity contribution in [2.75, 3.05) is 5.32 Å². The number of aliphatic hydroxyl groups is 1. The van der Waals surface area contributed by atoms with Crippen LogP contribution >= 0.6 is 0 Å². The number of para-hydroxylation sites is 1. The Hall–Kier alpha value is -3.18. The molecule has 3 aromatic carbocycles. The Labute approximate surface area is 180 Å². The highest BCUT2D eigenvalue weighted by Gasteiger charge is 2.44. The van der Waals surface area contributed by atoms with Crippen LogP contribution in [0.1, 0.15) is 37.5 Å². The zero-order valence-corrected chi connectivity index (χ0v) is 17.6. The van der Waals surface area contributed by atoms with Crippen molar-refractivity contribution in [3.05, 3.63) is 89.0 Å². The number of anilines is 1. The van der Waals surface area contributed by atoms with E-state index >= 15 is 0 Å². The Balaban J connectivity index is 1.77. The zero-order chi connectivity index (χ0) is 22.0. The van der Waals surface area contributed by atoms with E-state index < -0.39 is 11.6 Å². The molecule has 2 aliphatic rings. The van der Waals surface area contributed by atoms with Crippen LogP contribution in [-0.2, 0) is 12.2 Å². The van der Waals surface area contributed by atoms with Gasteiger partial charge in [0.2, 0.25) is 5.79 Å². The Kier molecular flexibility index (Phi) is 4.25. The molecular formula is C26H23F2NO2. The van der Waals surface area contributed by atoms with E-state index in [0.717, 1.165) is 22.4 Å².